The second-order valence-corrected chi connectivity index (χ2v) is 8.63. The summed E-state index contributed by atoms with van der Waals surface area (Å²) in [6, 6.07) is 7.07. The molecule has 0 bridgehead atoms. The standard InChI is InChI=1S/C22H28N4O3/c1-22(7-8-22)21(29)24-9-17-11-26(12-18(17)19-10-23-14-25(19)2)20(28)16-5-3-15(13-27)4-6-16/h3-6,10,14,17-18,27H,7-9,11-13H2,1-2H3,(H,24,29)/t17-,18-/m1/s1. The van der Waals surface area contributed by atoms with E-state index in [4.69, 9.17) is 0 Å². The third-order valence-corrected chi connectivity index (χ3v) is 6.42. The minimum absolute atomic E-state index is 0.0235. The molecule has 154 valence electrons. The van der Waals surface area contributed by atoms with Gasteiger partial charge in [0.25, 0.3) is 5.91 Å². The van der Waals surface area contributed by atoms with Gasteiger partial charge in [-0.2, -0.15) is 0 Å². The second kappa shape index (κ2) is 7.63. The van der Waals surface area contributed by atoms with Gasteiger partial charge in [-0.25, -0.2) is 4.98 Å². The van der Waals surface area contributed by atoms with E-state index in [1.807, 2.05) is 29.6 Å². The summed E-state index contributed by atoms with van der Waals surface area (Å²) in [6.07, 6.45) is 5.52. The predicted molar refractivity (Wildman–Crippen MR) is 108 cm³/mol. The molecular formula is C22H28N4O3. The number of carbonyl (C=O) groups excluding carboxylic acids is 2. The van der Waals surface area contributed by atoms with Crippen LogP contribution in [0.5, 0.6) is 0 Å². The lowest BCUT2D eigenvalue weighted by Crippen LogP contribution is -2.37. The van der Waals surface area contributed by atoms with Crippen LogP contribution in [0.4, 0.5) is 0 Å². The Labute approximate surface area is 170 Å². The number of amides is 2. The molecular weight excluding hydrogens is 368 g/mol. The number of nitrogens with one attached hydrogen (secondary N) is 1. The van der Waals surface area contributed by atoms with Crippen LogP contribution < -0.4 is 5.32 Å². The Balaban J connectivity index is 1.50. The monoisotopic (exact) mass is 396 g/mol. The Hall–Kier alpha value is -2.67. The van der Waals surface area contributed by atoms with Gasteiger partial charge in [-0.05, 0) is 30.5 Å². The summed E-state index contributed by atoms with van der Waals surface area (Å²) in [5, 5.41) is 12.3. The van der Waals surface area contributed by atoms with Crippen LogP contribution in [0.3, 0.4) is 0 Å². The van der Waals surface area contributed by atoms with Gasteiger partial charge >= 0.3 is 0 Å². The summed E-state index contributed by atoms with van der Waals surface area (Å²) in [5.41, 5.74) is 2.27. The van der Waals surface area contributed by atoms with Crippen molar-refractivity contribution in [3.63, 3.8) is 0 Å². The van der Waals surface area contributed by atoms with Crippen LogP contribution in [0.15, 0.2) is 36.8 Å². The average molecular weight is 396 g/mol. The second-order valence-electron chi connectivity index (χ2n) is 8.63. The lowest BCUT2D eigenvalue weighted by molar-refractivity contribution is -0.125. The Morgan fingerprint density at radius 1 is 1.24 bits per heavy atom. The molecule has 0 radical (unpaired) electrons. The van der Waals surface area contributed by atoms with E-state index in [0.29, 0.717) is 25.2 Å². The fraction of sp³-hybridized carbons (Fsp3) is 0.500. The van der Waals surface area contributed by atoms with Crippen molar-refractivity contribution in [1.29, 1.82) is 0 Å². The van der Waals surface area contributed by atoms with Gasteiger partial charge in [0.1, 0.15) is 0 Å². The lowest BCUT2D eigenvalue weighted by Gasteiger charge is -2.20. The number of carbonyl (C=O) groups is 2. The van der Waals surface area contributed by atoms with Crippen molar-refractivity contribution in [2.24, 2.45) is 18.4 Å². The number of likely N-dealkylation sites (tertiary alicyclic amines) is 1. The zero-order valence-electron chi connectivity index (χ0n) is 17.0. The number of aliphatic hydroxyl groups excluding tert-OH is 1. The molecule has 1 aliphatic heterocycles. The third kappa shape index (κ3) is 3.92. The Kier molecular flexibility index (Phi) is 5.17. The highest BCUT2D eigenvalue weighted by molar-refractivity contribution is 5.94. The van der Waals surface area contributed by atoms with Crippen LogP contribution >= 0.6 is 0 Å². The van der Waals surface area contributed by atoms with Gasteiger partial charge in [-0.15, -0.1) is 0 Å². The molecule has 29 heavy (non-hydrogen) atoms. The highest BCUT2D eigenvalue weighted by Crippen LogP contribution is 2.45. The molecule has 7 nitrogen and oxygen atoms in total. The van der Waals surface area contributed by atoms with E-state index in [2.05, 4.69) is 10.3 Å². The van der Waals surface area contributed by atoms with Crippen LogP contribution in [0.25, 0.3) is 0 Å². The topological polar surface area (TPSA) is 87.5 Å². The molecule has 2 aromatic rings. The van der Waals surface area contributed by atoms with Gasteiger partial charge in [0.2, 0.25) is 5.91 Å². The number of nitrogens with zero attached hydrogens (tertiary/aromatic N) is 3. The summed E-state index contributed by atoms with van der Waals surface area (Å²) in [6.45, 7) is 3.70. The Morgan fingerprint density at radius 2 is 1.97 bits per heavy atom. The Bertz CT molecular complexity index is 901. The molecule has 2 heterocycles. The Morgan fingerprint density at radius 3 is 2.55 bits per heavy atom. The molecule has 1 aromatic heterocycles. The molecule has 4 rings (SSSR count). The van der Waals surface area contributed by atoms with Crippen LogP contribution in [0.2, 0.25) is 0 Å². The van der Waals surface area contributed by atoms with E-state index in [9.17, 15) is 14.7 Å². The predicted octanol–water partition coefficient (Wildman–Crippen LogP) is 1.68. The summed E-state index contributed by atoms with van der Waals surface area (Å²) >= 11 is 0. The molecule has 2 amide bonds. The van der Waals surface area contributed by atoms with Gasteiger partial charge in [0, 0.05) is 61.4 Å². The number of benzene rings is 1. The van der Waals surface area contributed by atoms with Crippen molar-refractivity contribution < 1.29 is 14.7 Å². The van der Waals surface area contributed by atoms with E-state index in [1.165, 1.54) is 0 Å². The van der Waals surface area contributed by atoms with E-state index < -0.39 is 0 Å². The first-order valence-corrected chi connectivity index (χ1v) is 10.1. The fourth-order valence-electron chi connectivity index (χ4n) is 4.09. The smallest absolute Gasteiger partial charge is 0.253 e. The van der Waals surface area contributed by atoms with Crippen molar-refractivity contribution in [2.45, 2.75) is 32.3 Å². The highest BCUT2D eigenvalue weighted by Gasteiger charge is 2.45. The van der Waals surface area contributed by atoms with Gasteiger partial charge in [0.05, 0.1) is 12.9 Å². The van der Waals surface area contributed by atoms with Crippen LogP contribution in [-0.2, 0) is 18.4 Å². The number of hydrogen-bond acceptors (Lipinski definition) is 4. The summed E-state index contributed by atoms with van der Waals surface area (Å²) in [5.74, 6) is 0.350. The molecule has 1 aromatic carbocycles. The number of aliphatic hydroxyl groups is 1. The molecule has 1 saturated heterocycles. The molecule has 2 N–H and O–H groups in total. The van der Waals surface area contributed by atoms with Crippen LogP contribution in [-0.4, -0.2) is 51.0 Å². The van der Waals surface area contributed by atoms with E-state index in [0.717, 1.165) is 24.1 Å². The first-order valence-electron chi connectivity index (χ1n) is 10.1. The molecule has 2 aliphatic rings. The molecule has 2 atom stereocenters. The zero-order chi connectivity index (χ0) is 20.6. The number of hydrogen-bond donors (Lipinski definition) is 2. The zero-order valence-corrected chi connectivity index (χ0v) is 17.0. The molecule has 0 unspecified atom stereocenters. The molecule has 1 aliphatic carbocycles. The quantitative estimate of drug-likeness (QED) is 0.778. The molecule has 2 fully saturated rings. The molecule has 1 saturated carbocycles. The van der Waals surface area contributed by atoms with Gasteiger partial charge in [-0.3, -0.25) is 9.59 Å². The highest BCUT2D eigenvalue weighted by atomic mass is 16.3. The van der Waals surface area contributed by atoms with Gasteiger partial charge in [0.15, 0.2) is 0 Å². The third-order valence-electron chi connectivity index (χ3n) is 6.42. The maximum atomic E-state index is 13.1. The number of imidazole rings is 1. The number of aromatic nitrogens is 2. The molecule has 0 spiro atoms. The number of aryl methyl sites for hydroxylation is 1. The maximum Gasteiger partial charge on any atom is 0.253 e. The minimum atomic E-state index is -0.204. The summed E-state index contributed by atoms with van der Waals surface area (Å²) in [7, 11) is 1.96. The van der Waals surface area contributed by atoms with Crippen molar-refractivity contribution in [3.05, 3.63) is 53.6 Å². The number of rotatable bonds is 6. The van der Waals surface area contributed by atoms with Crippen molar-refractivity contribution in [1.82, 2.24) is 19.8 Å². The normalized spacial score (nSPS) is 22.5. The van der Waals surface area contributed by atoms with Crippen molar-refractivity contribution >= 4 is 11.8 Å². The van der Waals surface area contributed by atoms with E-state index in [-0.39, 0.29) is 35.7 Å². The SMILES string of the molecule is Cn1cncc1[C@@H]1CN(C(=O)c2ccc(CO)cc2)C[C@H]1CNC(=O)C1(C)CC1. The summed E-state index contributed by atoms with van der Waals surface area (Å²) in [4.78, 5) is 31.6. The van der Waals surface area contributed by atoms with E-state index >= 15 is 0 Å². The van der Waals surface area contributed by atoms with Gasteiger partial charge in [-0.1, -0.05) is 19.1 Å². The van der Waals surface area contributed by atoms with Gasteiger partial charge < -0.3 is 19.9 Å². The van der Waals surface area contributed by atoms with E-state index in [1.54, 1.807) is 30.6 Å². The first kappa shape index (κ1) is 19.6. The summed E-state index contributed by atoms with van der Waals surface area (Å²) < 4.78 is 1.99. The lowest BCUT2D eigenvalue weighted by atomic mass is 9.92. The van der Waals surface area contributed by atoms with Crippen molar-refractivity contribution in [2.75, 3.05) is 19.6 Å². The first-order chi connectivity index (χ1) is 13.9. The largest absolute Gasteiger partial charge is 0.392 e. The van der Waals surface area contributed by atoms with Crippen molar-refractivity contribution in [3.8, 4) is 0 Å². The average Bonchev–Trinajstić information content (AvgIpc) is 3.14. The fourth-order valence-corrected chi connectivity index (χ4v) is 4.09. The molecule has 7 heteroatoms. The maximum absolute atomic E-state index is 13.1. The van der Waals surface area contributed by atoms with Crippen LogP contribution in [0.1, 0.15) is 47.3 Å². The van der Waals surface area contributed by atoms with Crippen LogP contribution in [0, 0.1) is 11.3 Å². The minimum Gasteiger partial charge on any atom is -0.392 e.